The zero-order valence-corrected chi connectivity index (χ0v) is 16.0. The molecule has 3 rings (SSSR count). The molecule has 0 aliphatic rings. The molecule has 0 fully saturated rings. The van der Waals surface area contributed by atoms with Crippen molar-refractivity contribution in [2.75, 3.05) is 5.32 Å². The van der Waals surface area contributed by atoms with Gasteiger partial charge < -0.3 is 15.0 Å². The average molecular weight is 371 g/mol. The molecule has 1 amide bonds. The summed E-state index contributed by atoms with van der Waals surface area (Å²) >= 11 is 0. The van der Waals surface area contributed by atoms with Gasteiger partial charge in [-0.15, -0.1) is 0 Å². The van der Waals surface area contributed by atoms with E-state index in [1.165, 1.54) is 17.7 Å². The lowest BCUT2D eigenvalue weighted by Crippen LogP contribution is -2.13. The van der Waals surface area contributed by atoms with Crippen LogP contribution in [-0.4, -0.2) is 15.6 Å². The van der Waals surface area contributed by atoms with Gasteiger partial charge >= 0.3 is 0 Å². The molecule has 0 saturated carbocycles. The first kappa shape index (κ1) is 19.0. The minimum Gasteiger partial charge on any atom is -0.508 e. The fourth-order valence-electron chi connectivity index (χ4n) is 3.07. The molecule has 5 nitrogen and oxygen atoms in total. The first-order chi connectivity index (χ1) is 13.4. The van der Waals surface area contributed by atoms with Crippen molar-refractivity contribution in [3.8, 4) is 17.5 Å². The fourth-order valence-corrected chi connectivity index (χ4v) is 3.07. The number of hydrogen-bond acceptors (Lipinski definition) is 3. The monoisotopic (exact) mass is 371 g/mol. The summed E-state index contributed by atoms with van der Waals surface area (Å²) in [4.78, 5) is 12.5. The number of phenols is 1. The molecule has 140 valence electrons. The molecule has 5 heteroatoms. The third-order valence-corrected chi connectivity index (χ3v) is 4.55. The molecular weight excluding hydrogens is 350 g/mol. The van der Waals surface area contributed by atoms with E-state index < -0.39 is 5.91 Å². The Labute approximate surface area is 164 Å². The standard InChI is InChI=1S/C23H21N3O2/c1-15-4-8-21(9-5-15)26-16(2)12-18(17(26)3)13-19(14-24)23(28)25-20-6-10-22(27)11-7-20/h4-13,27H,1-3H3,(H,25,28)/b19-13+. The second-order valence-electron chi connectivity index (χ2n) is 6.67. The molecule has 1 heterocycles. The van der Waals surface area contributed by atoms with Crippen molar-refractivity contribution < 1.29 is 9.90 Å². The van der Waals surface area contributed by atoms with Crippen LogP contribution in [0.2, 0.25) is 0 Å². The topological polar surface area (TPSA) is 78.0 Å². The number of carbonyl (C=O) groups is 1. The number of anilines is 1. The third-order valence-electron chi connectivity index (χ3n) is 4.55. The summed E-state index contributed by atoms with van der Waals surface area (Å²) < 4.78 is 2.10. The number of carbonyl (C=O) groups excluding carboxylic acids is 1. The highest BCUT2D eigenvalue weighted by Gasteiger charge is 2.14. The second-order valence-corrected chi connectivity index (χ2v) is 6.67. The molecule has 3 aromatic rings. The smallest absolute Gasteiger partial charge is 0.266 e. The van der Waals surface area contributed by atoms with Gasteiger partial charge in [0.25, 0.3) is 5.91 Å². The van der Waals surface area contributed by atoms with Crippen LogP contribution in [0.4, 0.5) is 5.69 Å². The molecule has 0 radical (unpaired) electrons. The zero-order chi connectivity index (χ0) is 20.3. The van der Waals surface area contributed by atoms with Crippen LogP contribution >= 0.6 is 0 Å². The predicted molar refractivity (Wildman–Crippen MR) is 110 cm³/mol. The van der Waals surface area contributed by atoms with Crippen molar-refractivity contribution in [3.05, 3.63) is 82.7 Å². The summed E-state index contributed by atoms with van der Waals surface area (Å²) in [6.45, 7) is 6.00. The molecule has 2 aromatic carbocycles. The van der Waals surface area contributed by atoms with Crippen molar-refractivity contribution in [2.45, 2.75) is 20.8 Å². The second kappa shape index (κ2) is 7.85. The molecule has 2 N–H and O–H groups in total. The largest absolute Gasteiger partial charge is 0.508 e. The number of nitrogens with zero attached hydrogens (tertiary/aromatic N) is 2. The van der Waals surface area contributed by atoms with Crippen LogP contribution in [0.5, 0.6) is 5.75 Å². The Kier molecular flexibility index (Phi) is 5.32. The number of rotatable bonds is 4. The number of aromatic nitrogens is 1. The van der Waals surface area contributed by atoms with Crippen LogP contribution in [-0.2, 0) is 4.79 Å². The lowest BCUT2D eigenvalue weighted by Gasteiger charge is -2.10. The molecule has 0 unspecified atom stereocenters. The molecule has 0 atom stereocenters. The Morgan fingerprint density at radius 1 is 1.07 bits per heavy atom. The normalized spacial score (nSPS) is 11.1. The summed E-state index contributed by atoms with van der Waals surface area (Å²) in [7, 11) is 0. The molecule has 0 aliphatic heterocycles. The molecule has 0 bridgehead atoms. The predicted octanol–water partition coefficient (Wildman–Crippen LogP) is 4.65. The Bertz CT molecular complexity index is 1080. The van der Waals surface area contributed by atoms with E-state index in [4.69, 9.17) is 0 Å². The Morgan fingerprint density at radius 3 is 2.32 bits per heavy atom. The van der Waals surface area contributed by atoms with Gasteiger partial charge in [-0.3, -0.25) is 4.79 Å². The van der Waals surface area contributed by atoms with E-state index >= 15 is 0 Å². The van der Waals surface area contributed by atoms with Gasteiger partial charge in [0.2, 0.25) is 0 Å². The van der Waals surface area contributed by atoms with E-state index in [0.29, 0.717) is 5.69 Å². The van der Waals surface area contributed by atoms with Gasteiger partial charge in [-0.25, -0.2) is 0 Å². The van der Waals surface area contributed by atoms with Gasteiger partial charge in [0.15, 0.2) is 0 Å². The number of nitrogens with one attached hydrogen (secondary N) is 1. The minimum atomic E-state index is -0.492. The molecule has 28 heavy (non-hydrogen) atoms. The molecule has 1 aromatic heterocycles. The summed E-state index contributed by atoms with van der Waals surface area (Å²) in [5.41, 5.74) is 5.52. The van der Waals surface area contributed by atoms with Gasteiger partial charge in [0.05, 0.1) is 0 Å². The van der Waals surface area contributed by atoms with Crippen LogP contribution in [0.15, 0.2) is 60.2 Å². The zero-order valence-electron chi connectivity index (χ0n) is 16.0. The highest BCUT2D eigenvalue weighted by atomic mass is 16.3. The number of nitriles is 1. The Balaban J connectivity index is 1.91. The summed E-state index contributed by atoms with van der Waals surface area (Å²) in [6.07, 6.45) is 1.60. The van der Waals surface area contributed by atoms with Gasteiger partial charge in [-0.05, 0) is 74.9 Å². The van der Waals surface area contributed by atoms with Gasteiger partial charge in [0, 0.05) is 22.8 Å². The van der Waals surface area contributed by atoms with Gasteiger partial charge in [0.1, 0.15) is 17.4 Å². The van der Waals surface area contributed by atoms with Crippen LogP contribution in [0.3, 0.4) is 0 Å². The van der Waals surface area contributed by atoms with Crippen LogP contribution in [0.25, 0.3) is 11.8 Å². The lowest BCUT2D eigenvalue weighted by molar-refractivity contribution is -0.112. The number of phenolic OH excluding ortho intramolecular Hbond substituents is 1. The van der Waals surface area contributed by atoms with E-state index in [1.807, 2.05) is 45.0 Å². The Morgan fingerprint density at radius 2 is 1.71 bits per heavy atom. The van der Waals surface area contributed by atoms with Crippen LogP contribution < -0.4 is 5.32 Å². The quantitative estimate of drug-likeness (QED) is 0.398. The molecule has 0 saturated heterocycles. The lowest BCUT2D eigenvalue weighted by atomic mass is 10.1. The summed E-state index contributed by atoms with van der Waals surface area (Å²) in [5, 5.41) is 21.5. The Hall–Kier alpha value is -3.78. The number of hydrogen-bond donors (Lipinski definition) is 2. The average Bonchev–Trinajstić information content (AvgIpc) is 2.95. The van der Waals surface area contributed by atoms with Crippen molar-refractivity contribution >= 4 is 17.7 Å². The minimum absolute atomic E-state index is 0.0113. The number of amides is 1. The third kappa shape index (κ3) is 3.97. The van der Waals surface area contributed by atoms with Crippen molar-refractivity contribution in [1.82, 2.24) is 4.57 Å². The maximum absolute atomic E-state index is 12.5. The van der Waals surface area contributed by atoms with E-state index in [0.717, 1.165) is 22.6 Å². The molecule has 0 spiro atoms. The maximum atomic E-state index is 12.5. The number of benzene rings is 2. The number of aromatic hydroxyl groups is 1. The first-order valence-corrected chi connectivity index (χ1v) is 8.87. The van der Waals surface area contributed by atoms with Gasteiger partial charge in [-0.1, -0.05) is 17.7 Å². The fraction of sp³-hybridized carbons (Fsp3) is 0.130. The molecular formula is C23H21N3O2. The van der Waals surface area contributed by atoms with E-state index in [-0.39, 0.29) is 11.3 Å². The van der Waals surface area contributed by atoms with E-state index in [1.54, 1.807) is 18.2 Å². The maximum Gasteiger partial charge on any atom is 0.266 e. The number of aryl methyl sites for hydroxylation is 2. The molecule has 0 aliphatic carbocycles. The van der Waals surface area contributed by atoms with Gasteiger partial charge in [-0.2, -0.15) is 5.26 Å². The summed E-state index contributed by atoms with van der Waals surface area (Å²) in [5.74, 6) is -0.383. The summed E-state index contributed by atoms with van der Waals surface area (Å²) in [6, 6.07) is 18.2. The highest BCUT2D eigenvalue weighted by Crippen LogP contribution is 2.23. The van der Waals surface area contributed by atoms with Crippen molar-refractivity contribution in [2.24, 2.45) is 0 Å². The van der Waals surface area contributed by atoms with E-state index in [2.05, 4.69) is 22.0 Å². The van der Waals surface area contributed by atoms with Crippen LogP contribution in [0.1, 0.15) is 22.5 Å². The highest BCUT2D eigenvalue weighted by molar-refractivity contribution is 6.09. The van der Waals surface area contributed by atoms with Crippen molar-refractivity contribution in [1.29, 1.82) is 5.26 Å². The van der Waals surface area contributed by atoms with Crippen molar-refractivity contribution in [3.63, 3.8) is 0 Å². The SMILES string of the molecule is Cc1ccc(-n2c(C)cc(/C=C(\C#N)C(=O)Nc3ccc(O)cc3)c2C)cc1. The first-order valence-electron chi connectivity index (χ1n) is 8.87. The van der Waals surface area contributed by atoms with Crippen LogP contribution in [0, 0.1) is 32.1 Å². The van der Waals surface area contributed by atoms with E-state index in [9.17, 15) is 15.2 Å².